The Hall–Kier alpha value is -2.21. The van der Waals surface area contributed by atoms with E-state index in [4.69, 9.17) is 27.8 Å². The van der Waals surface area contributed by atoms with Crippen LogP contribution in [0.3, 0.4) is 0 Å². The van der Waals surface area contributed by atoms with Crippen molar-refractivity contribution in [3.05, 3.63) is 28.4 Å². The summed E-state index contributed by atoms with van der Waals surface area (Å²) in [7, 11) is 1.62. The summed E-state index contributed by atoms with van der Waals surface area (Å²) in [5, 5.41) is 8.68. The summed E-state index contributed by atoms with van der Waals surface area (Å²) in [6.07, 6.45) is 1.50. The number of H-pyrrole nitrogens is 1. The summed E-state index contributed by atoms with van der Waals surface area (Å²) >= 11 is 6.13. The summed E-state index contributed by atoms with van der Waals surface area (Å²) in [6, 6.07) is 3.85. The van der Waals surface area contributed by atoms with Crippen molar-refractivity contribution in [1.29, 1.82) is 0 Å². The van der Waals surface area contributed by atoms with Gasteiger partial charge in [-0.2, -0.15) is 5.10 Å². The molecule has 0 fully saturated rings. The molecule has 7 heteroatoms. The van der Waals surface area contributed by atoms with Gasteiger partial charge in [-0.3, -0.25) is 0 Å². The number of nitrogens with zero attached hydrogens (tertiary/aromatic N) is 2. The standard InChI is InChI=1S/C12H14ClN5O/c1-6-3-9-7(4-10(6)19-2)8(11(13)17-9)5-16-18-12(14)15/h3-5,17H,1-2H3,(H4,14,15,18)/b16-5-. The number of halogens is 1. The van der Waals surface area contributed by atoms with Crippen molar-refractivity contribution in [1.82, 2.24) is 4.98 Å². The predicted octanol–water partition coefficient (Wildman–Crippen LogP) is 1.75. The highest BCUT2D eigenvalue weighted by Crippen LogP contribution is 2.30. The first-order chi connectivity index (χ1) is 9.02. The van der Waals surface area contributed by atoms with Gasteiger partial charge in [-0.1, -0.05) is 11.6 Å². The first kappa shape index (κ1) is 13.2. The molecule has 2 aromatic rings. The normalized spacial score (nSPS) is 11.1. The minimum Gasteiger partial charge on any atom is -0.496 e. The number of guanidine groups is 1. The second-order valence-electron chi connectivity index (χ2n) is 3.99. The Labute approximate surface area is 115 Å². The SMILES string of the molecule is COc1cc2c(/C=N\N=C(N)N)c(Cl)[nH]c2cc1C. The Morgan fingerprint density at radius 3 is 2.79 bits per heavy atom. The van der Waals surface area contributed by atoms with E-state index < -0.39 is 0 Å². The van der Waals surface area contributed by atoms with Gasteiger partial charge in [0.1, 0.15) is 10.9 Å². The van der Waals surface area contributed by atoms with Gasteiger partial charge in [-0.05, 0) is 24.6 Å². The van der Waals surface area contributed by atoms with Gasteiger partial charge in [0.15, 0.2) is 0 Å². The third-order valence-corrected chi connectivity index (χ3v) is 2.96. The molecule has 2 rings (SSSR count). The molecule has 19 heavy (non-hydrogen) atoms. The van der Waals surface area contributed by atoms with Gasteiger partial charge >= 0.3 is 0 Å². The van der Waals surface area contributed by atoms with E-state index in [1.165, 1.54) is 6.21 Å². The molecule has 1 aromatic heterocycles. The third-order valence-electron chi connectivity index (χ3n) is 2.67. The Balaban J connectivity index is 2.57. The zero-order chi connectivity index (χ0) is 14.0. The Bertz CT molecular complexity index is 670. The van der Waals surface area contributed by atoms with E-state index in [1.54, 1.807) is 7.11 Å². The van der Waals surface area contributed by atoms with E-state index in [-0.39, 0.29) is 5.96 Å². The van der Waals surface area contributed by atoms with Crippen LogP contribution in [0.4, 0.5) is 0 Å². The number of fused-ring (bicyclic) bond motifs is 1. The van der Waals surface area contributed by atoms with Crippen LogP contribution < -0.4 is 16.2 Å². The molecule has 0 amide bonds. The summed E-state index contributed by atoms with van der Waals surface area (Å²) in [6.45, 7) is 1.96. The van der Waals surface area contributed by atoms with Crippen LogP contribution in [0, 0.1) is 6.92 Å². The molecular weight excluding hydrogens is 266 g/mol. The number of aromatic nitrogens is 1. The lowest BCUT2D eigenvalue weighted by molar-refractivity contribution is 0.412. The third kappa shape index (κ3) is 2.63. The largest absolute Gasteiger partial charge is 0.496 e. The smallest absolute Gasteiger partial charge is 0.211 e. The summed E-state index contributed by atoms with van der Waals surface area (Å²) in [5.74, 6) is 0.667. The molecule has 0 saturated heterocycles. The van der Waals surface area contributed by atoms with Gasteiger partial charge in [-0.15, -0.1) is 5.10 Å². The van der Waals surface area contributed by atoms with Crippen molar-refractivity contribution in [3.8, 4) is 5.75 Å². The Kier molecular flexibility index (Phi) is 3.62. The molecule has 0 aliphatic heterocycles. The van der Waals surface area contributed by atoms with E-state index in [2.05, 4.69) is 15.2 Å². The molecule has 6 nitrogen and oxygen atoms in total. The lowest BCUT2D eigenvalue weighted by Gasteiger charge is -2.04. The molecule has 0 bridgehead atoms. The van der Waals surface area contributed by atoms with Gasteiger partial charge in [0.2, 0.25) is 5.96 Å². The van der Waals surface area contributed by atoms with Crippen LogP contribution in [0.1, 0.15) is 11.1 Å². The molecule has 5 N–H and O–H groups in total. The zero-order valence-electron chi connectivity index (χ0n) is 10.6. The molecular formula is C12H14ClN5O. The van der Waals surface area contributed by atoms with Crippen molar-refractivity contribution in [3.63, 3.8) is 0 Å². The number of hydrogen-bond acceptors (Lipinski definition) is 3. The van der Waals surface area contributed by atoms with Crippen LogP contribution in [-0.2, 0) is 0 Å². The summed E-state index contributed by atoms with van der Waals surface area (Å²) < 4.78 is 5.29. The fourth-order valence-electron chi connectivity index (χ4n) is 1.82. The van der Waals surface area contributed by atoms with Crippen LogP contribution in [0.15, 0.2) is 22.3 Å². The number of nitrogens with two attached hydrogens (primary N) is 2. The van der Waals surface area contributed by atoms with Crippen molar-refractivity contribution < 1.29 is 4.74 Å². The topological polar surface area (TPSA) is 102 Å². The van der Waals surface area contributed by atoms with Crippen molar-refractivity contribution >= 4 is 34.7 Å². The van der Waals surface area contributed by atoms with Crippen LogP contribution in [0.25, 0.3) is 10.9 Å². The van der Waals surface area contributed by atoms with E-state index in [1.807, 2.05) is 19.1 Å². The van der Waals surface area contributed by atoms with Crippen molar-refractivity contribution in [2.75, 3.05) is 7.11 Å². The van der Waals surface area contributed by atoms with Crippen LogP contribution in [0.2, 0.25) is 5.15 Å². The van der Waals surface area contributed by atoms with Crippen molar-refractivity contribution in [2.24, 2.45) is 21.7 Å². The lowest BCUT2D eigenvalue weighted by atomic mass is 10.1. The summed E-state index contributed by atoms with van der Waals surface area (Å²) in [5.41, 5.74) is 13.0. The van der Waals surface area contributed by atoms with E-state index >= 15 is 0 Å². The number of nitrogens with one attached hydrogen (secondary N) is 1. The van der Waals surface area contributed by atoms with Gasteiger partial charge in [0.25, 0.3) is 0 Å². The maximum atomic E-state index is 6.13. The number of aromatic amines is 1. The predicted molar refractivity (Wildman–Crippen MR) is 78.0 cm³/mol. The zero-order valence-corrected chi connectivity index (χ0v) is 11.3. The van der Waals surface area contributed by atoms with E-state index in [9.17, 15) is 0 Å². The molecule has 0 unspecified atom stereocenters. The van der Waals surface area contributed by atoms with Gasteiger partial charge in [0.05, 0.1) is 13.3 Å². The first-order valence-electron chi connectivity index (χ1n) is 5.50. The van der Waals surface area contributed by atoms with E-state index in [0.717, 1.165) is 22.2 Å². The molecule has 0 atom stereocenters. The molecule has 100 valence electrons. The van der Waals surface area contributed by atoms with Gasteiger partial charge < -0.3 is 21.2 Å². The molecule has 1 aromatic carbocycles. The molecule has 0 aliphatic rings. The van der Waals surface area contributed by atoms with Crippen molar-refractivity contribution in [2.45, 2.75) is 6.92 Å². The number of rotatable bonds is 3. The van der Waals surface area contributed by atoms with E-state index in [0.29, 0.717) is 10.7 Å². The Morgan fingerprint density at radius 2 is 2.16 bits per heavy atom. The monoisotopic (exact) mass is 279 g/mol. The molecule has 1 heterocycles. The summed E-state index contributed by atoms with van der Waals surface area (Å²) in [4.78, 5) is 3.06. The fourth-order valence-corrected chi connectivity index (χ4v) is 2.07. The Morgan fingerprint density at radius 1 is 1.42 bits per heavy atom. The van der Waals surface area contributed by atoms with Crippen LogP contribution in [0.5, 0.6) is 5.75 Å². The number of aryl methyl sites for hydroxylation is 1. The number of hydrogen-bond donors (Lipinski definition) is 3. The highest BCUT2D eigenvalue weighted by molar-refractivity contribution is 6.34. The molecule has 0 spiro atoms. The number of ether oxygens (including phenoxy) is 1. The molecule has 0 aliphatic carbocycles. The second-order valence-corrected chi connectivity index (χ2v) is 4.37. The lowest BCUT2D eigenvalue weighted by Crippen LogP contribution is -2.21. The first-order valence-corrected chi connectivity index (χ1v) is 5.88. The highest BCUT2D eigenvalue weighted by Gasteiger charge is 2.11. The van der Waals surface area contributed by atoms with Gasteiger partial charge in [-0.25, -0.2) is 0 Å². The average Bonchev–Trinajstić information content (AvgIpc) is 2.63. The minimum absolute atomic E-state index is 0.111. The number of benzene rings is 1. The van der Waals surface area contributed by atoms with Crippen LogP contribution in [-0.4, -0.2) is 24.3 Å². The fraction of sp³-hybridized carbons (Fsp3) is 0.167. The van der Waals surface area contributed by atoms with Crippen LogP contribution >= 0.6 is 11.6 Å². The van der Waals surface area contributed by atoms with Gasteiger partial charge in [0, 0.05) is 16.5 Å². The second kappa shape index (κ2) is 5.19. The quantitative estimate of drug-likeness (QED) is 0.453. The minimum atomic E-state index is -0.111. The molecule has 0 saturated carbocycles. The maximum absolute atomic E-state index is 6.13. The molecule has 0 radical (unpaired) electrons. The maximum Gasteiger partial charge on any atom is 0.211 e. The average molecular weight is 280 g/mol. The highest BCUT2D eigenvalue weighted by atomic mass is 35.5. The number of methoxy groups -OCH3 is 1.